The summed E-state index contributed by atoms with van der Waals surface area (Å²) in [5.74, 6) is 0. The van der Waals surface area contributed by atoms with Crippen molar-refractivity contribution in [2.24, 2.45) is 0 Å². The van der Waals surface area contributed by atoms with Crippen LogP contribution in [0.4, 0.5) is 0 Å². The highest BCUT2D eigenvalue weighted by molar-refractivity contribution is 9.11. The van der Waals surface area contributed by atoms with Gasteiger partial charge < -0.3 is 5.11 Å². The molecule has 0 saturated heterocycles. The zero-order chi connectivity index (χ0) is 11.7. The first-order chi connectivity index (χ1) is 7.63. The molecule has 1 N–H and O–H groups in total. The van der Waals surface area contributed by atoms with Crippen LogP contribution >= 0.6 is 50.5 Å². The number of rotatable bonds is 2. The Bertz CT molecular complexity index is 530. The summed E-state index contributed by atoms with van der Waals surface area (Å²) in [6, 6.07) is 5.35. The van der Waals surface area contributed by atoms with Crippen molar-refractivity contribution >= 4 is 50.5 Å². The van der Waals surface area contributed by atoms with Gasteiger partial charge in [0.25, 0.3) is 0 Å². The third-order valence-electron chi connectivity index (χ3n) is 2.02. The number of nitrogens with zero attached hydrogens (tertiary/aromatic N) is 1. The standard InChI is InChI=1S/C10H6BrCl2NOS/c11-10-14-9(7(4-15)16-10)5-2-1-3-6(12)8(5)13/h1-3,15H,4H2. The summed E-state index contributed by atoms with van der Waals surface area (Å²) in [6.45, 7) is -0.0680. The lowest BCUT2D eigenvalue weighted by molar-refractivity contribution is 0.286. The minimum absolute atomic E-state index is 0.0680. The smallest absolute Gasteiger partial charge is 0.160 e. The monoisotopic (exact) mass is 337 g/mol. The van der Waals surface area contributed by atoms with Crippen molar-refractivity contribution in [1.82, 2.24) is 4.98 Å². The molecule has 0 bridgehead atoms. The second-order valence-electron chi connectivity index (χ2n) is 3.00. The number of halogens is 3. The van der Waals surface area contributed by atoms with Gasteiger partial charge in [0.05, 0.1) is 27.2 Å². The van der Waals surface area contributed by atoms with E-state index in [4.69, 9.17) is 23.2 Å². The molecule has 0 radical (unpaired) electrons. The van der Waals surface area contributed by atoms with Gasteiger partial charge in [-0.15, -0.1) is 11.3 Å². The number of thiazole rings is 1. The van der Waals surface area contributed by atoms with Gasteiger partial charge in [-0.2, -0.15) is 0 Å². The van der Waals surface area contributed by atoms with Gasteiger partial charge in [-0.3, -0.25) is 0 Å². The molecule has 0 fully saturated rings. The molecule has 84 valence electrons. The van der Waals surface area contributed by atoms with Crippen molar-refractivity contribution in [3.05, 3.63) is 37.0 Å². The maximum Gasteiger partial charge on any atom is 0.160 e. The van der Waals surface area contributed by atoms with Crippen LogP contribution in [0.5, 0.6) is 0 Å². The van der Waals surface area contributed by atoms with Gasteiger partial charge in [-0.05, 0) is 22.0 Å². The Labute approximate surface area is 115 Å². The lowest BCUT2D eigenvalue weighted by Gasteiger charge is -2.04. The number of aliphatic hydroxyl groups excluding tert-OH is 1. The third kappa shape index (κ3) is 2.26. The first-order valence-electron chi connectivity index (χ1n) is 4.34. The van der Waals surface area contributed by atoms with E-state index in [2.05, 4.69) is 20.9 Å². The molecule has 0 aliphatic heterocycles. The van der Waals surface area contributed by atoms with E-state index >= 15 is 0 Å². The van der Waals surface area contributed by atoms with Crippen LogP contribution in [0.15, 0.2) is 22.1 Å². The Morgan fingerprint density at radius 1 is 1.38 bits per heavy atom. The van der Waals surface area contributed by atoms with E-state index in [9.17, 15) is 5.11 Å². The number of aromatic nitrogens is 1. The van der Waals surface area contributed by atoms with Gasteiger partial charge in [-0.1, -0.05) is 35.3 Å². The fraction of sp³-hybridized carbons (Fsp3) is 0.100. The van der Waals surface area contributed by atoms with Gasteiger partial charge in [0, 0.05) is 5.56 Å². The summed E-state index contributed by atoms with van der Waals surface area (Å²) in [5.41, 5.74) is 1.41. The molecule has 1 aromatic carbocycles. The molecule has 0 atom stereocenters. The molecular weight excluding hydrogens is 333 g/mol. The van der Waals surface area contributed by atoms with Crippen LogP contribution in [-0.4, -0.2) is 10.1 Å². The van der Waals surface area contributed by atoms with Gasteiger partial charge in [-0.25, -0.2) is 4.98 Å². The fourth-order valence-electron chi connectivity index (χ4n) is 1.33. The molecule has 0 unspecified atom stereocenters. The van der Waals surface area contributed by atoms with Crippen molar-refractivity contribution in [2.75, 3.05) is 0 Å². The van der Waals surface area contributed by atoms with Gasteiger partial charge in [0.1, 0.15) is 0 Å². The van der Waals surface area contributed by atoms with Gasteiger partial charge >= 0.3 is 0 Å². The number of aliphatic hydroxyl groups is 1. The normalized spacial score (nSPS) is 10.8. The average molecular weight is 339 g/mol. The Balaban J connectivity index is 2.62. The van der Waals surface area contributed by atoms with Crippen LogP contribution in [0.2, 0.25) is 10.0 Å². The Hall–Kier alpha value is -0.130. The number of hydrogen-bond acceptors (Lipinski definition) is 3. The summed E-state index contributed by atoms with van der Waals surface area (Å²) in [5, 5.41) is 10.2. The molecule has 0 amide bonds. The van der Waals surface area contributed by atoms with Crippen molar-refractivity contribution < 1.29 is 5.11 Å². The molecule has 0 aliphatic rings. The predicted molar refractivity (Wildman–Crippen MR) is 71.2 cm³/mol. The van der Waals surface area contributed by atoms with E-state index < -0.39 is 0 Å². The second kappa shape index (κ2) is 5.02. The number of hydrogen-bond donors (Lipinski definition) is 1. The summed E-state index contributed by atoms with van der Waals surface area (Å²) in [7, 11) is 0. The zero-order valence-electron chi connectivity index (χ0n) is 7.88. The molecule has 2 rings (SSSR count). The molecule has 0 saturated carbocycles. The van der Waals surface area contributed by atoms with E-state index in [0.29, 0.717) is 19.7 Å². The summed E-state index contributed by atoms with van der Waals surface area (Å²) < 4.78 is 0.711. The van der Waals surface area contributed by atoms with Crippen molar-refractivity contribution in [3.8, 4) is 11.3 Å². The van der Waals surface area contributed by atoms with Crippen LogP contribution in [0.3, 0.4) is 0 Å². The SMILES string of the molecule is OCc1sc(Br)nc1-c1cccc(Cl)c1Cl. The molecule has 0 aliphatic carbocycles. The molecule has 1 heterocycles. The summed E-state index contributed by atoms with van der Waals surface area (Å²) in [4.78, 5) is 5.05. The predicted octanol–water partition coefficient (Wildman–Crippen LogP) is 4.37. The molecule has 2 aromatic rings. The first-order valence-corrected chi connectivity index (χ1v) is 6.70. The maximum atomic E-state index is 9.23. The lowest BCUT2D eigenvalue weighted by Crippen LogP contribution is -1.86. The van der Waals surface area contributed by atoms with E-state index in [-0.39, 0.29) is 6.61 Å². The molecular formula is C10H6BrCl2NOS. The van der Waals surface area contributed by atoms with Crippen LogP contribution in [-0.2, 0) is 6.61 Å². The quantitative estimate of drug-likeness (QED) is 0.881. The molecule has 6 heteroatoms. The number of benzene rings is 1. The largest absolute Gasteiger partial charge is 0.391 e. The summed E-state index contributed by atoms with van der Waals surface area (Å²) >= 11 is 16.7. The minimum Gasteiger partial charge on any atom is -0.391 e. The highest BCUT2D eigenvalue weighted by Gasteiger charge is 2.15. The van der Waals surface area contributed by atoms with Crippen molar-refractivity contribution in [2.45, 2.75) is 6.61 Å². The molecule has 0 spiro atoms. The highest BCUT2D eigenvalue weighted by atomic mass is 79.9. The van der Waals surface area contributed by atoms with E-state index in [1.54, 1.807) is 12.1 Å². The van der Waals surface area contributed by atoms with E-state index in [0.717, 1.165) is 10.4 Å². The van der Waals surface area contributed by atoms with E-state index in [1.807, 2.05) is 6.07 Å². The Morgan fingerprint density at radius 2 is 2.12 bits per heavy atom. The third-order valence-corrected chi connectivity index (χ3v) is 4.33. The van der Waals surface area contributed by atoms with Crippen LogP contribution in [0, 0.1) is 0 Å². The van der Waals surface area contributed by atoms with Crippen LogP contribution < -0.4 is 0 Å². The first kappa shape index (κ1) is 12.3. The molecule has 16 heavy (non-hydrogen) atoms. The van der Waals surface area contributed by atoms with Crippen molar-refractivity contribution in [3.63, 3.8) is 0 Å². The lowest BCUT2D eigenvalue weighted by atomic mass is 10.1. The van der Waals surface area contributed by atoms with Crippen molar-refractivity contribution in [1.29, 1.82) is 0 Å². The van der Waals surface area contributed by atoms with Crippen LogP contribution in [0.1, 0.15) is 4.88 Å². The average Bonchev–Trinajstić information content (AvgIpc) is 2.63. The molecule has 2 nitrogen and oxygen atoms in total. The Kier molecular flexibility index (Phi) is 3.87. The maximum absolute atomic E-state index is 9.23. The highest BCUT2D eigenvalue weighted by Crippen LogP contribution is 2.37. The molecule has 1 aromatic heterocycles. The van der Waals surface area contributed by atoms with Gasteiger partial charge in [0.2, 0.25) is 0 Å². The Morgan fingerprint density at radius 3 is 2.81 bits per heavy atom. The minimum atomic E-state index is -0.0680. The fourth-order valence-corrected chi connectivity index (χ4v) is 3.14. The second-order valence-corrected chi connectivity index (χ2v) is 6.14. The summed E-state index contributed by atoms with van der Waals surface area (Å²) in [6.07, 6.45) is 0. The topological polar surface area (TPSA) is 33.1 Å². The van der Waals surface area contributed by atoms with E-state index in [1.165, 1.54) is 11.3 Å². The zero-order valence-corrected chi connectivity index (χ0v) is 11.8. The van der Waals surface area contributed by atoms with Crippen LogP contribution in [0.25, 0.3) is 11.3 Å². The van der Waals surface area contributed by atoms with Gasteiger partial charge in [0.15, 0.2) is 3.92 Å².